The topological polar surface area (TPSA) is 109 Å². The third kappa shape index (κ3) is 3.43. The number of hydrogen-bond donors (Lipinski definition) is 0. The molecule has 0 atom stereocenters. The van der Waals surface area contributed by atoms with E-state index in [1.165, 1.54) is 49.7 Å². The van der Waals surface area contributed by atoms with Crippen LogP contribution in [0.1, 0.15) is 5.56 Å². The first-order chi connectivity index (χ1) is 13.3. The van der Waals surface area contributed by atoms with Gasteiger partial charge in [-0.15, -0.1) is 0 Å². The van der Waals surface area contributed by atoms with Crippen LogP contribution >= 0.6 is 15.9 Å². The van der Waals surface area contributed by atoms with E-state index in [1.54, 1.807) is 18.2 Å². The largest absolute Gasteiger partial charge is 0.465 e. The molecule has 0 spiro atoms. The molecule has 8 nitrogen and oxygen atoms in total. The average Bonchev–Trinajstić information content (AvgIpc) is 3.07. The van der Waals surface area contributed by atoms with E-state index in [-0.39, 0.29) is 31.5 Å². The Morgan fingerprint density at radius 2 is 1.86 bits per heavy atom. The number of nitro benzene ring substituents is 1. The lowest BCUT2D eigenvalue weighted by Gasteiger charge is -2.07. The van der Waals surface area contributed by atoms with Crippen LogP contribution in [0.3, 0.4) is 0 Å². The monoisotopic (exact) mass is 464 g/mol. The van der Waals surface area contributed by atoms with Gasteiger partial charge in [-0.05, 0) is 40.2 Å². The minimum atomic E-state index is -4.02. The minimum Gasteiger partial charge on any atom is -0.465 e. The number of nitro groups is 1. The van der Waals surface area contributed by atoms with Crippen molar-refractivity contribution in [2.45, 2.75) is 4.90 Å². The second-order valence-corrected chi connectivity index (χ2v) is 8.28. The Morgan fingerprint density at radius 1 is 1.18 bits per heavy atom. The number of rotatable bonds is 5. The quantitative estimate of drug-likeness (QED) is 0.246. The number of halogens is 1. The smallest absolute Gasteiger partial charge is 0.344 e. The molecule has 10 heteroatoms. The molecule has 0 saturated heterocycles. The number of aromatic nitrogens is 1. The predicted octanol–water partition coefficient (Wildman–Crippen LogP) is 3.70. The lowest BCUT2D eigenvalue weighted by atomic mass is 10.1. The summed E-state index contributed by atoms with van der Waals surface area (Å²) in [5.41, 5.74) is 0.0180. The fourth-order valence-electron chi connectivity index (χ4n) is 2.73. The van der Waals surface area contributed by atoms with Gasteiger partial charge in [0.05, 0.1) is 27.8 Å². The average molecular weight is 465 g/mol. The van der Waals surface area contributed by atoms with Crippen LogP contribution in [0.15, 0.2) is 64.1 Å². The van der Waals surface area contributed by atoms with Crippen molar-refractivity contribution in [2.24, 2.45) is 0 Å². The first-order valence-electron chi connectivity index (χ1n) is 7.82. The summed E-state index contributed by atoms with van der Waals surface area (Å²) in [5.74, 6) is -0.703. The Labute approximate surface area is 168 Å². The molecule has 0 aliphatic heterocycles. The van der Waals surface area contributed by atoms with Gasteiger partial charge in [0.2, 0.25) is 0 Å². The van der Waals surface area contributed by atoms with Gasteiger partial charge in [0.25, 0.3) is 15.7 Å². The first-order valence-corrected chi connectivity index (χ1v) is 10.0. The van der Waals surface area contributed by atoms with Crippen LogP contribution in [0.25, 0.3) is 17.0 Å². The fourth-order valence-corrected chi connectivity index (χ4v) is 4.53. The number of non-ortho nitro benzene ring substituents is 1. The van der Waals surface area contributed by atoms with Gasteiger partial charge in [-0.25, -0.2) is 17.2 Å². The number of fused-ring (bicyclic) bond motifs is 1. The fraction of sp³-hybridized carbons (Fsp3) is 0.0556. The van der Waals surface area contributed by atoms with E-state index in [0.717, 1.165) is 3.97 Å². The van der Waals surface area contributed by atoms with Crippen molar-refractivity contribution < 1.29 is 22.9 Å². The highest BCUT2D eigenvalue weighted by molar-refractivity contribution is 9.12. The zero-order chi connectivity index (χ0) is 20.5. The van der Waals surface area contributed by atoms with Crippen molar-refractivity contribution in [1.82, 2.24) is 3.97 Å². The number of methoxy groups -OCH3 is 1. The Kier molecular flexibility index (Phi) is 5.34. The van der Waals surface area contributed by atoms with Gasteiger partial charge in [0, 0.05) is 17.8 Å². The molecule has 3 aromatic rings. The maximum absolute atomic E-state index is 13.1. The highest BCUT2D eigenvalue weighted by Crippen LogP contribution is 2.34. The number of nitrogens with zero attached hydrogens (tertiary/aromatic N) is 2. The van der Waals surface area contributed by atoms with Crippen LogP contribution in [-0.2, 0) is 19.6 Å². The maximum atomic E-state index is 13.1. The van der Waals surface area contributed by atoms with Crippen molar-refractivity contribution in [1.29, 1.82) is 0 Å². The number of benzene rings is 2. The van der Waals surface area contributed by atoms with Gasteiger partial charge in [-0.2, -0.15) is 0 Å². The Balaban J connectivity index is 2.37. The zero-order valence-corrected chi connectivity index (χ0v) is 16.8. The van der Waals surface area contributed by atoms with Gasteiger partial charge >= 0.3 is 5.97 Å². The highest BCUT2D eigenvalue weighted by Gasteiger charge is 2.25. The van der Waals surface area contributed by atoms with E-state index < -0.39 is 20.9 Å². The molecule has 0 aliphatic rings. The lowest BCUT2D eigenvalue weighted by molar-refractivity contribution is -0.383. The van der Waals surface area contributed by atoms with Crippen LogP contribution < -0.4 is 0 Å². The van der Waals surface area contributed by atoms with E-state index in [2.05, 4.69) is 20.7 Å². The Hall–Kier alpha value is -2.98. The predicted molar refractivity (Wildman–Crippen MR) is 107 cm³/mol. The van der Waals surface area contributed by atoms with Gasteiger partial charge in [0.1, 0.15) is 4.48 Å². The van der Waals surface area contributed by atoms with Crippen molar-refractivity contribution >= 4 is 54.6 Å². The van der Waals surface area contributed by atoms with E-state index in [4.69, 9.17) is 0 Å². The Bertz CT molecular complexity index is 1220. The molecule has 3 rings (SSSR count). The summed E-state index contributed by atoms with van der Waals surface area (Å²) in [6, 6.07) is 11.8. The maximum Gasteiger partial charge on any atom is 0.344 e. The summed E-state index contributed by atoms with van der Waals surface area (Å²) in [6.07, 6.45) is 2.53. The van der Waals surface area contributed by atoms with Crippen LogP contribution in [0.5, 0.6) is 0 Å². The molecular weight excluding hydrogens is 452 g/mol. The molecule has 0 unspecified atom stereocenters. The third-order valence-corrected chi connectivity index (χ3v) is 6.20. The number of ether oxygens (including phenoxy) is 1. The highest BCUT2D eigenvalue weighted by atomic mass is 79.9. The third-order valence-electron chi connectivity index (χ3n) is 3.96. The van der Waals surface area contributed by atoms with E-state index in [9.17, 15) is 23.3 Å². The number of carbonyl (C=O) groups excluding carboxylic acids is 1. The summed E-state index contributed by atoms with van der Waals surface area (Å²) in [5, 5.41) is 11.6. The molecule has 0 N–H and O–H groups in total. The molecule has 0 saturated carbocycles. The number of carbonyl (C=O) groups is 1. The zero-order valence-electron chi connectivity index (χ0n) is 14.4. The van der Waals surface area contributed by atoms with E-state index in [1.807, 2.05) is 0 Å². The SMILES string of the molecule is COC(=O)/C(Br)=C/c1cn(S(=O)(=O)c2ccccc2)c2cccc([N+](=O)[O-])c12. The lowest BCUT2D eigenvalue weighted by Crippen LogP contribution is -2.11. The summed E-state index contributed by atoms with van der Waals surface area (Å²) in [7, 11) is -2.83. The summed E-state index contributed by atoms with van der Waals surface area (Å²) in [6.45, 7) is 0. The number of hydrogen-bond acceptors (Lipinski definition) is 6. The standard InChI is InChI=1S/C18H13BrN2O6S/c1-27-18(22)14(19)10-12-11-20(28(25,26)13-6-3-2-4-7-13)15-8-5-9-16(17(12)15)21(23)24/h2-11H,1H3/b14-10-. The summed E-state index contributed by atoms with van der Waals surface area (Å²) < 4.78 is 31.7. The molecule has 1 aromatic heterocycles. The summed E-state index contributed by atoms with van der Waals surface area (Å²) in [4.78, 5) is 22.6. The van der Waals surface area contributed by atoms with Crippen LogP contribution in [0.4, 0.5) is 5.69 Å². The second kappa shape index (κ2) is 7.56. The van der Waals surface area contributed by atoms with E-state index >= 15 is 0 Å². The molecule has 144 valence electrons. The molecule has 28 heavy (non-hydrogen) atoms. The molecule has 0 radical (unpaired) electrons. The summed E-state index contributed by atoms with van der Waals surface area (Å²) >= 11 is 3.05. The second-order valence-electron chi connectivity index (χ2n) is 5.61. The molecule has 0 fully saturated rings. The van der Waals surface area contributed by atoms with Gasteiger partial charge in [-0.1, -0.05) is 24.3 Å². The van der Waals surface area contributed by atoms with E-state index in [0.29, 0.717) is 0 Å². The molecule has 0 amide bonds. The molecule has 0 aliphatic carbocycles. The van der Waals surface area contributed by atoms with Gasteiger partial charge in [-0.3, -0.25) is 10.1 Å². The molecule has 1 heterocycles. The van der Waals surface area contributed by atoms with Crippen molar-refractivity contribution in [2.75, 3.05) is 7.11 Å². The van der Waals surface area contributed by atoms with Gasteiger partial charge < -0.3 is 4.74 Å². The normalized spacial score (nSPS) is 12.1. The molecule has 0 bridgehead atoms. The van der Waals surface area contributed by atoms with Crippen molar-refractivity contribution in [3.8, 4) is 0 Å². The van der Waals surface area contributed by atoms with Crippen LogP contribution in [-0.4, -0.2) is 30.4 Å². The van der Waals surface area contributed by atoms with Gasteiger partial charge in [0.15, 0.2) is 0 Å². The van der Waals surface area contributed by atoms with Crippen molar-refractivity contribution in [3.63, 3.8) is 0 Å². The van der Waals surface area contributed by atoms with Crippen LogP contribution in [0.2, 0.25) is 0 Å². The van der Waals surface area contributed by atoms with Crippen LogP contribution in [0, 0.1) is 10.1 Å². The molecular formula is C18H13BrN2O6S. The molecule has 2 aromatic carbocycles. The number of esters is 1. The minimum absolute atomic E-state index is 0.00990. The Morgan fingerprint density at radius 3 is 2.46 bits per heavy atom. The first kappa shape index (κ1) is 19.8. The van der Waals surface area contributed by atoms with Crippen molar-refractivity contribution in [3.05, 3.63) is 74.9 Å².